The van der Waals surface area contributed by atoms with Gasteiger partial charge in [-0.2, -0.15) is 4.98 Å². The molecule has 0 fully saturated rings. The summed E-state index contributed by atoms with van der Waals surface area (Å²) in [4.78, 5) is 11.5. The van der Waals surface area contributed by atoms with Crippen LogP contribution in [0.25, 0.3) is 0 Å². The Hall–Kier alpha value is -3.08. The number of fused-ring (bicyclic) bond motifs is 1. The SMILES string of the molecule is COc1ccc(Nc2cc(C)nc(N3CCc4ccccc43)n2)cc1. The van der Waals surface area contributed by atoms with E-state index in [4.69, 9.17) is 9.72 Å². The van der Waals surface area contributed by atoms with Crippen LogP contribution in [0.2, 0.25) is 0 Å². The zero-order valence-corrected chi connectivity index (χ0v) is 14.4. The molecule has 1 aliphatic rings. The van der Waals surface area contributed by atoms with Gasteiger partial charge < -0.3 is 15.0 Å². The maximum atomic E-state index is 5.20. The van der Waals surface area contributed by atoms with Crippen molar-refractivity contribution in [1.29, 1.82) is 0 Å². The van der Waals surface area contributed by atoms with Gasteiger partial charge >= 0.3 is 0 Å². The van der Waals surface area contributed by atoms with E-state index in [0.29, 0.717) is 0 Å². The molecule has 0 unspecified atom stereocenters. The first-order valence-electron chi connectivity index (χ1n) is 8.35. The molecule has 0 amide bonds. The summed E-state index contributed by atoms with van der Waals surface area (Å²) >= 11 is 0. The fraction of sp³-hybridized carbons (Fsp3) is 0.200. The van der Waals surface area contributed by atoms with Gasteiger partial charge in [-0.1, -0.05) is 18.2 Å². The van der Waals surface area contributed by atoms with Crippen molar-refractivity contribution < 1.29 is 4.74 Å². The van der Waals surface area contributed by atoms with E-state index in [-0.39, 0.29) is 0 Å². The van der Waals surface area contributed by atoms with Gasteiger partial charge in [0.15, 0.2) is 0 Å². The van der Waals surface area contributed by atoms with Crippen molar-refractivity contribution in [3.05, 3.63) is 65.9 Å². The highest BCUT2D eigenvalue weighted by Crippen LogP contribution is 2.33. The van der Waals surface area contributed by atoms with Crippen molar-refractivity contribution in [1.82, 2.24) is 9.97 Å². The lowest BCUT2D eigenvalue weighted by molar-refractivity contribution is 0.415. The van der Waals surface area contributed by atoms with Crippen LogP contribution in [0.1, 0.15) is 11.3 Å². The van der Waals surface area contributed by atoms with Gasteiger partial charge in [-0.05, 0) is 49.2 Å². The highest BCUT2D eigenvalue weighted by atomic mass is 16.5. The number of aryl methyl sites for hydroxylation is 1. The molecule has 0 saturated heterocycles. The van der Waals surface area contributed by atoms with Crippen LogP contribution in [0.15, 0.2) is 54.6 Å². The fourth-order valence-electron chi connectivity index (χ4n) is 3.11. The number of rotatable bonds is 4. The number of nitrogens with one attached hydrogen (secondary N) is 1. The lowest BCUT2D eigenvalue weighted by atomic mass is 10.2. The van der Waals surface area contributed by atoms with Crippen molar-refractivity contribution in [3.63, 3.8) is 0 Å². The van der Waals surface area contributed by atoms with E-state index < -0.39 is 0 Å². The molecule has 1 aromatic heterocycles. The number of hydrogen-bond acceptors (Lipinski definition) is 5. The Balaban J connectivity index is 1.63. The minimum absolute atomic E-state index is 0.737. The van der Waals surface area contributed by atoms with Crippen LogP contribution in [0.4, 0.5) is 23.1 Å². The standard InChI is InChI=1S/C20H20N4O/c1-14-13-19(22-16-7-9-17(25-2)10-8-16)23-20(21-14)24-12-11-15-5-3-4-6-18(15)24/h3-10,13H,11-12H2,1-2H3,(H,21,22,23). The van der Waals surface area contributed by atoms with Crippen molar-refractivity contribution in [2.45, 2.75) is 13.3 Å². The largest absolute Gasteiger partial charge is 0.497 e. The molecule has 0 radical (unpaired) electrons. The zero-order valence-electron chi connectivity index (χ0n) is 14.4. The molecule has 1 N–H and O–H groups in total. The van der Waals surface area contributed by atoms with Gasteiger partial charge in [0.2, 0.25) is 5.95 Å². The van der Waals surface area contributed by atoms with E-state index in [0.717, 1.165) is 41.9 Å². The van der Waals surface area contributed by atoms with E-state index >= 15 is 0 Å². The van der Waals surface area contributed by atoms with E-state index in [2.05, 4.69) is 39.5 Å². The first kappa shape index (κ1) is 15.4. The lowest BCUT2D eigenvalue weighted by Crippen LogP contribution is -2.17. The fourth-order valence-corrected chi connectivity index (χ4v) is 3.11. The van der Waals surface area contributed by atoms with Gasteiger partial charge in [0.25, 0.3) is 0 Å². The number of benzene rings is 2. The second kappa shape index (κ2) is 6.43. The Labute approximate surface area is 147 Å². The van der Waals surface area contributed by atoms with Crippen LogP contribution in [-0.4, -0.2) is 23.6 Å². The van der Waals surface area contributed by atoms with Crippen molar-refractivity contribution >= 4 is 23.1 Å². The molecule has 0 saturated carbocycles. The first-order chi connectivity index (χ1) is 12.2. The summed E-state index contributed by atoms with van der Waals surface area (Å²) in [6.07, 6.45) is 1.02. The second-order valence-corrected chi connectivity index (χ2v) is 6.08. The highest BCUT2D eigenvalue weighted by molar-refractivity contribution is 5.67. The third-order valence-corrected chi connectivity index (χ3v) is 4.33. The molecular weight excluding hydrogens is 312 g/mol. The number of nitrogens with zero attached hydrogens (tertiary/aromatic N) is 3. The maximum absolute atomic E-state index is 5.20. The summed E-state index contributed by atoms with van der Waals surface area (Å²) in [6.45, 7) is 2.90. The van der Waals surface area contributed by atoms with Crippen LogP contribution in [-0.2, 0) is 6.42 Å². The Morgan fingerprint density at radius 3 is 2.64 bits per heavy atom. The Kier molecular flexibility index (Phi) is 3.98. The molecule has 0 spiro atoms. The van der Waals surface area contributed by atoms with Gasteiger partial charge in [-0.3, -0.25) is 0 Å². The summed E-state index contributed by atoms with van der Waals surface area (Å²) in [5.41, 5.74) is 4.44. The molecule has 0 atom stereocenters. The number of para-hydroxylation sites is 1. The first-order valence-corrected chi connectivity index (χ1v) is 8.35. The van der Waals surface area contributed by atoms with Crippen molar-refractivity contribution in [2.75, 3.05) is 23.9 Å². The van der Waals surface area contributed by atoms with Gasteiger partial charge in [0.1, 0.15) is 11.6 Å². The van der Waals surface area contributed by atoms with E-state index in [1.54, 1.807) is 7.11 Å². The Morgan fingerprint density at radius 1 is 1.04 bits per heavy atom. The number of ether oxygens (including phenoxy) is 1. The van der Waals surface area contributed by atoms with Crippen molar-refractivity contribution in [3.8, 4) is 5.75 Å². The van der Waals surface area contributed by atoms with Gasteiger partial charge in [0, 0.05) is 29.7 Å². The summed E-state index contributed by atoms with van der Waals surface area (Å²) in [5.74, 6) is 2.36. The monoisotopic (exact) mass is 332 g/mol. The second-order valence-electron chi connectivity index (χ2n) is 6.08. The van der Waals surface area contributed by atoms with E-state index in [9.17, 15) is 0 Å². The molecule has 4 rings (SSSR count). The average molecular weight is 332 g/mol. The molecule has 2 heterocycles. The van der Waals surface area contributed by atoms with Crippen LogP contribution < -0.4 is 15.0 Å². The predicted molar refractivity (Wildman–Crippen MR) is 100 cm³/mol. The average Bonchev–Trinajstić information content (AvgIpc) is 3.06. The summed E-state index contributed by atoms with van der Waals surface area (Å²) in [7, 11) is 1.66. The molecule has 5 nitrogen and oxygen atoms in total. The van der Waals surface area contributed by atoms with Gasteiger partial charge in [-0.25, -0.2) is 4.98 Å². The summed E-state index contributed by atoms with van der Waals surface area (Å²) in [6, 6.07) is 18.2. The molecule has 0 aliphatic carbocycles. The van der Waals surface area contributed by atoms with Gasteiger partial charge in [-0.15, -0.1) is 0 Å². The number of hydrogen-bond donors (Lipinski definition) is 1. The topological polar surface area (TPSA) is 50.3 Å². The number of methoxy groups -OCH3 is 1. The third kappa shape index (κ3) is 3.13. The number of aromatic nitrogens is 2. The molecule has 1 aliphatic heterocycles. The minimum Gasteiger partial charge on any atom is -0.497 e. The lowest BCUT2D eigenvalue weighted by Gasteiger charge is -2.18. The van der Waals surface area contributed by atoms with Crippen LogP contribution in [0.3, 0.4) is 0 Å². The normalized spacial score (nSPS) is 12.8. The summed E-state index contributed by atoms with van der Waals surface area (Å²) < 4.78 is 5.20. The molecule has 5 heteroatoms. The third-order valence-electron chi connectivity index (χ3n) is 4.33. The van der Waals surface area contributed by atoms with E-state index in [1.807, 2.05) is 37.3 Å². The predicted octanol–water partition coefficient (Wildman–Crippen LogP) is 4.23. The number of anilines is 4. The maximum Gasteiger partial charge on any atom is 0.232 e. The molecule has 2 aromatic carbocycles. The molecule has 3 aromatic rings. The molecular formula is C20H20N4O. The summed E-state index contributed by atoms with van der Waals surface area (Å²) in [5, 5.41) is 3.35. The molecule has 126 valence electrons. The van der Waals surface area contributed by atoms with Gasteiger partial charge in [0.05, 0.1) is 7.11 Å². The van der Waals surface area contributed by atoms with E-state index in [1.165, 1.54) is 11.3 Å². The smallest absolute Gasteiger partial charge is 0.232 e. The van der Waals surface area contributed by atoms with Crippen LogP contribution >= 0.6 is 0 Å². The Morgan fingerprint density at radius 2 is 1.84 bits per heavy atom. The minimum atomic E-state index is 0.737. The van der Waals surface area contributed by atoms with Crippen LogP contribution in [0.5, 0.6) is 5.75 Å². The van der Waals surface area contributed by atoms with Crippen LogP contribution in [0, 0.1) is 6.92 Å². The molecule has 25 heavy (non-hydrogen) atoms. The highest BCUT2D eigenvalue weighted by Gasteiger charge is 2.22. The quantitative estimate of drug-likeness (QED) is 0.775. The molecule has 0 bridgehead atoms. The Bertz CT molecular complexity index is 892. The zero-order chi connectivity index (χ0) is 17.2. The van der Waals surface area contributed by atoms with Crippen molar-refractivity contribution in [2.24, 2.45) is 0 Å².